The molecule has 0 spiro atoms. The van der Waals surface area contributed by atoms with Gasteiger partial charge in [-0.3, -0.25) is 4.79 Å². The zero-order valence-electron chi connectivity index (χ0n) is 13.3. The fourth-order valence-electron chi connectivity index (χ4n) is 1.55. The number of pyridine rings is 1. The summed E-state index contributed by atoms with van der Waals surface area (Å²) in [5.41, 5.74) is 0. The lowest BCUT2D eigenvalue weighted by molar-refractivity contribution is -0.115. The molecule has 1 unspecified atom stereocenters. The summed E-state index contributed by atoms with van der Waals surface area (Å²) >= 11 is 14.5. The van der Waals surface area contributed by atoms with Crippen molar-refractivity contribution in [3.8, 4) is 0 Å². The third-order valence-electron chi connectivity index (χ3n) is 2.76. The molecule has 130 valence electrons. The number of thioether (sulfide) groups is 1. The smallest absolute Gasteiger partial charge is 0.238 e. The molecule has 24 heavy (non-hydrogen) atoms. The molecule has 0 aliphatic heterocycles. The molecule has 0 saturated heterocycles. The van der Waals surface area contributed by atoms with Crippen LogP contribution in [0.3, 0.4) is 0 Å². The normalized spacial score (nSPS) is 12.2. The van der Waals surface area contributed by atoms with Crippen molar-refractivity contribution in [3.63, 3.8) is 0 Å². The van der Waals surface area contributed by atoms with Gasteiger partial charge in [-0.15, -0.1) is 10.2 Å². The van der Waals surface area contributed by atoms with E-state index in [2.05, 4.69) is 39.7 Å². The summed E-state index contributed by atoms with van der Waals surface area (Å²) in [4.78, 5) is 16.3. The van der Waals surface area contributed by atoms with Gasteiger partial charge in [0.15, 0.2) is 10.2 Å². The Morgan fingerprint density at radius 3 is 2.75 bits per heavy atom. The molecule has 1 atom stereocenters. The number of halogens is 2. The van der Waals surface area contributed by atoms with Crippen molar-refractivity contribution in [1.82, 2.24) is 15.2 Å². The van der Waals surface area contributed by atoms with E-state index < -0.39 is 0 Å². The maximum atomic E-state index is 12.3. The van der Waals surface area contributed by atoms with Crippen LogP contribution < -0.4 is 10.6 Å². The molecule has 6 nitrogen and oxygen atoms in total. The number of hydrogen-bond acceptors (Lipinski definition) is 7. The van der Waals surface area contributed by atoms with Crippen LogP contribution in [0.2, 0.25) is 10.0 Å². The molecule has 2 N–H and O–H groups in total. The number of nitrogens with zero attached hydrogens (tertiary/aromatic N) is 3. The Labute approximate surface area is 158 Å². The number of carbonyl (C=O) groups excluding carboxylic acids is 1. The van der Waals surface area contributed by atoms with Gasteiger partial charge in [0.05, 0.1) is 15.3 Å². The van der Waals surface area contributed by atoms with Gasteiger partial charge in [0.25, 0.3) is 0 Å². The van der Waals surface area contributed by atoms with E-state index >= 15 is 0 Å². The first kappa shape index (κ1) is 19.2. The summed E-state index contributed by atoms with van der Waals surface area (Å²) in [7, 11) is 0. The predicted molar refractivity (Wildman–Crippen MR) is 101 cm³/mol. The Hall–Kier alpha value is -1.09. The van der Waals surface area contributed by atoms with Gasteiger partial charge < -0.3 is 10.6 Å². The van der Waals surface area contributed by atoms with Crippen molar-refractivity contribution in [2.24, 2.45) is 5.92 Å². The highest BCUT2D eigenvalue weighted by atomic mass is 35.5. The Balaban J connectivity index is 1.91. The first-order valence-corrected chi connectivity index (χ1v) is 9.66. The standard InChI is InChI=1S/C14H17Cl2N5OS2/c1-7(2)5-18-13-20-21-14(24-13)23-8(3)12(22)19-11-10(16)4-9(15)6-17-11/h4,6-8H,5H2,1-3H3,(H,18,20)(H,17,19,22). The van der Waals surface area contributed by atoms with Crippen LogP contribution in [0.15, 0.2) is 16.6 Å². The molecule has 10 heteroatoms. The second-order valence-corrected chi connectivity index (χ2v) is 8.79. The van der Waals surface area contributed by atoms with Gasteiger partial charge in [-0.2, -0.15) is 0 Å². The maximum Gasteiger partial charge on any atom is 0.238 e. The molecule has 2 aromatic heterocycles. The van der Waals surface area contributed by atoms with Crippen molar-refractivity contribution in [2.75, 3.05) is 17.2 Å². The average Bonchev–Trinajstić information content (AvgIpc) is 2.95. The summed E-state index contributed by atoms with van der Waals surface area (Å²) in [5, 5.41) is 15.1. The molecule has 0 saturated carbocycles. The van der Waals surface area contributed by atoms with Crippen LogP contribution >= 0.6 is 46.3 Å². The summed E-state index contributed by atoms with van der Waals surface area (Å²) in [5.74, 6) is 0.588. The lowest BCUT2D eigenvalue weighted by Crippen LogP contribution is -2.23. The van der Waals surface area contributed by atoms with Crippen molar-refractivity contribution in [2.45, 2.75) is 30.4 Å². The molecule has 0 aliphatic rings. The van der Waals surface area contributed by atoms with E-state index in [0.29, 0.717) is 16.0 Å². The minimum atomic E-state index is -0.371. The molecule has 2 rings (SSSR count). The SMILES string of the molecule is CC(C)CNc1nnc(SC(C)C(=O)Nc2ncc(Cl)cc2Cl)s1. The third-order valence-corrected chi connectivity index (χ3v) is 5.32. The molecule has 0 radical (unpaired) electrons. The highest BCUT2D eigenvalue weighted by Crippen LogP contribution is 2.30. The largest absolute Gasteiger partial charge is 0.360 e. The quantitative estimate of drug-likeness (QED) is 0.663. The fraction of sp³-hybridized carbons (Fsp3) is 0.429. The van der Waals surface area contributed by atoms with Gasteiger partial charge >= 0.3 is 0 Å². The molecule has 2 aromatic rings. The topological polar surface area (TPSA) is 79.8 Å². The molecular weight excluding hydrogens is 389 g/mol. The molecule has 2 heterocycles. The van der Waals surface area contributed by atoms with Gasteiger partial charge in [0.2, 0.25) is 11.0 Å². The van der Waals surface area contributed by atoms with E-state index in [1.54, 1.807) is 6.92 Å². The van der Waals surface area contributed by atoms with Crippen LogP contribution in [0.5, 0.6) is 0 Å². The lowest BCUT2D eigenvalue weighted by atomic mass is 10.2. The van der Waals surface area contributed by atoms with Crippen molar-refractivity contribution in [3.05, 3.63) is 22.3 Å². The second kappa shape index (κ2) is 8.84. The van der Waals surface area contributed by atoms with Crippen molar-refractivity contribution >= 4 is 63.2 Å². The van der Waals surface area contributed by atoms with Gasteiger partial charge in [-0.05, 0) is 18.9 Å². The summed E-state index contributed by atoms with van der Waals surface area (Å²) in [6.07, 6.45) is 1.43. The van der Waals surface area contributed by atoms with E-state index in [4.69, 9.17) is 23.2 Å². The average molecular weight is 406 g/mol. The molecular formula is C14H17Cl2N5OS2. The van der Waals surface area contributed by atoms with E-state index in [0.717, 1.165) is 16.0 Å². The van der Waals surface area contributed by atoms with E-state index in [1.807, 2.05) is 0 Å². The Kier molecular flexibility index (Phi) is 7.09. The third kappa shape index (κ3) is 5.77. The molecule has 0 bridgehead atoms. The number of rotatable bonds is 7. The first-order valence-electron chi connectivity index (χ1n) is 7.21. The Morgan fingerprint density at radius 2 is 2.08 bits per heavy atom. The fourth-order valence-corrected chi connectivity index (χ4v) is 3.88. The molecule has 0 aromatic carbocycles. The monoisotopic (exact) mass is 405 g/mol. The van der Waals surface area contributed by atoms with E-state index in [1.165, 1.54) is 35.4 Å². The van der Waals surface area contributed by atoms with Crippen LogP contribution in [-0.4, -0.2) is 32.9 Å². The summed E-state index contributed by atoms with van der Waals surface area (Å²) < 4.78 is 0.721. The van der Waals surface area contributed by atoms with Crippen LogP contribution in [-0.2, 0) is 4.79 Å². The highest BCUT2D eigenvalue weighted by molar-refractivity contribution is 8.02. The number of anilines is 2. The van der Waals surface area contributed by atoms with Crippen LogP contribution in [0, 0.1) is 5.92 Å². The van der Waals surface area contributed by atoms with Gasteiger partial charge in [0, 0.05) is 12.7 Å². The number of amides is 1. The van der Waals surface area contributed by atoms with Gasteiger partial charge in [-0.25, -0.2) is 4.98 Å². The zero-order chi connectivity index (χ0) is 17.7. The minimum Gasteiger partial charge on any atom is -0.360 e. The number of hydrogen-bond donors (Lipinski definition) is 2. The number of nitrogens with one attached hydrogen (secondary N) is 2. The van der Waals surface area contributed by atoms with Crippen molar-refractivity contribution in [1.29, 1.82) is 0 Å². The van der Waals surface area contributed by atoms with Crippen molar-refractivity contribution < 1.29 is 4.79 Å². The second-order valence-electron chi connectivity index (χ2n) is 5.38. The predicted octanol–water partition coefficient (Wildman–Crippen LogP) is 4.43. The minimum absolute atomic E-state index is 0.219. The maximum absolute atomic E-state index is 12.3. The molecule has 0 aliphatic carbocycles. The molecule has 1 amide bonds. The van der Waals surface area contributed by atoms with Crippen LogP contribution in [0.4, 0.5) is 10.9 Å². The van der Waals surface area contributed by atoms with Crippen LogP contribution in [0.1, 0.15) is 20.8 Å². The Morgan fingerprint density at radius 1 is 1.33 bits per heavy atom. The highest BCUT2D eigenvalue weighted by Gasteiger charge is 2.19. The summed E-state index contributed by atoms with van der Waals surface area (Å²) in [6.45, 7) is 6.85. The van der Waals surface area contributed by atoms with Gasteiger partial charge in [-0.1, -0.05) is 60.1 Å². The number of aromatic nitrogens is 3. The van der Waals surface area contributed by atoms with E-state index in [-0.39, 0.29) is 17.0 Å². The van der Waals surface area contributed by atoms with E-state index in [9.17, 15) is 4.79 Å². The Bertz CT molecular complexity index is 710. The zero-order valence-corrected chi connectivity index (χ0v) is 16.5. The molecule has 0 fully saturated rings. The first-order chi connectivity index (χ1) is 11.3. The van der Waals surface area contributed by atoms with Gasteiger partial charge in [0.1, 0.15) is 0 Å². The lowest BCUT2D eigenvalue weighted by Gasteiger charge is -2.10. The summed E-state index contributed by atoms with van der Waals surface area (Å²) in [6, 6.07) is 1.53. The number of carbonyl (C=O) groups is 1. The van der Waals surface area contributed by atoms with Crippen LogP contribution in [0.25, 0.3) is 0 Å².